The molecule has 84 valence electrons. The molecule has 3 rings (SSSR count). The molecule has 2 saturated carbocycles. The second kappa shape index (κ2) is 2.70. The standard InChI is InChI=1S/C15H24/c1-10-5-8-15-12(3)11(2)9-14(15,4)7-6-13(10)15/h9-10,12-13H,5-8H2,1-4H3/t10-,12-,13?,14+,15+/m1/s1. The van der Waals surface area contributed by atoms with Crippen LogP contribution in [-0.2, 0) is 0 Å². The fourth-order valence-corrected chi connectivity index (χ4v) is 5.57. The Morgan fingerprint density at radius 2 is 1.93 bits per heavy atom. The van der Waals surface area contributed by atoms with E-state index in [4.69, 9.17) is 0 Å². The maximum absolute atomic E-state index is 2.63. The summed E-state index contributed by atoms with van der Waals surface area (Å²) in [6.45, 7) is 9.89. The van der Waals surface area contributed by atoms with Gasteiger partial charge in [-0.2, -0.15) is 0 Å². The van der Waals surface area contributed by atoms with Crippen LogP contribution in [0.2, 0.25) is 0 Å². The smallest absolute Gasteiger partial charge is 0.00790 e. The van der Waals surface area contributed by atoms with Crippen LogP contribution in [0.3, 0.4) is 0 Å². The highest BCUT2D eigenvalue weighted by molar-refractivity contribution is 5.31. The number of hydrogen-bond donors (Lipinski definition) is 0. The van der Waals surface area contributed by atoms with Crippen molar-refractivity contribution in [1.29, 1.82) is 0 Å². The Kier molecular flexibility index (Phi) is 1.79. The molecule has 0 radical (unpaired) electrons. The van der Waals surface area contributed by atoms with Gasteiger partial charge in [0.2, 0.25) is 0 Å². The van der Waals surface area contributed by atoms with Crippen molar-refractivity contribution in [3.63, 3.8) is 0 Å². The Hall–Kier alpha value is -0.260. The third-order valence-corrected chi connectivity index (χ3v) is 6.40. The zero-order valence-electron chi connectivity index (χ0n) is 10.6. The second-order valence-corrected chi connectivity index (χ2v) is 6.73. The summed E-state index contributed by atoms with van der Waals surface area (Å²) < 4.78 is 0. The van der Waals surface area contributed by atoms with Crippen molar-refractivity contribution >= 4 is 0 Å². The van der Waals surface area contributed by atoms with E-state index in [9.17, 15) is 0 Å². The van der Waals surface area contributed by atoms with Crippen LogP contribution in [0, 0.1) is 28.6 Å². The first-order valence-corrected chi connectivity index (χ1v) is 6.71. The molecular weight excluding hydrogens is 180 g/mol. The molecule has 0 aromatic carbocycles. The lowest BCUT2D eigenvalue weighted by molar-refractivity contribution is 0.0733. The third kappa shape index (κ3) is 0.905. The zero-order chi connectivity index (χ0) is 10.8. The molecule has 0 saturated heterocycles. The first-order valence-electron chi connectivity index (χ1n) is 6.71. The van der Waals surface area contributed by atoms with E-state index in [1.165, 1.54) is 25.7 Å². The van der Waals surface area contributed by atoms with Crippen molar-refractivity contribution in [2.24, 2.45) is 28.6 Å². The Balaban J connectivity index is 2.11. The van der Waals surface area contributed by atoms with Gasteiger partial charge < -0.3 is 0 Å². The van der Waals surface area contributed by atoms with E-state index in [0.717, 1.165) is 17.8 Å². The maximum atomic E-state index is 2.63. The zero-order valence-corrected chi connectivity index (χ0v) is 10.6. The highest BCUT2D eigenvalue weighted by Crippen LogP contribution is 2.73. The summed E-state index contributed by atoms with van der Waals surface area (Å²) in [6, 6.07) is 0. The van der Waals surface area contributed by atoms with Crippen molar-refractivity contribution in [2.45, 2.75) is 53.4 Å². The average molecular weight is 204 g/mol. The maximum Gasteiger partial charge on any atom is -0.00790 e. The van der Waals surface area contributed by atoms with Gasteiger partial charge in [0.05, 0.1) is 0 Å². The number of rotatable bonds is 0. The Labute approximate surface area is 94.1 Å². The molecule has 0 nitrogen and oxygen atoms in total. The minimum Gasteiger partial charge on any atom is -0.0788 e. The second-order valence-electron chi connectivity index (χ2n) is 6.73. The fraction of sp³-hybridized carbons (Fsp3) is 0.867. The van der Waals surface area contributed by atoms with Crippen molar-refractivity contribution in [2.75, 3.05) is 0 Å². The van der Waals surface area contributed by atoms with Gasteiger partial charge in [0, 0.05) is 0 Å². The highest BCUT2D eigenvalue weighted by atomic mass is 14.7. The average Bonchev–Trinajstić information content (AvgIpc) is 2.70. The molecule has 0 amide bonds. The van der Waals surface area contributed by atoms with Crippen molar-refractivity contribution < 1.29 is 0 Å². The van der Waals surface area contributed by atoms with E-state index < -0.39 is 0 Å². The van der Waals surface area contributed by atoms with Gasteiger partial charge in [-0.3, -0.25) is 0 Å². The third-order valence-electron chi connectivity index (χ3n) is 6.40. The fourth-order valence-electron chi connectivity index (χ4n) is 5.57. The van der Waals surface area contributed by atoms with Crippen LogP contribution in [0.15, 0.2) is 11.6 Å². The molecule has 1 spiro atoms. The minimum atomic E-state index is 0.548. The van der Waals surface area contributed by atoms with Crippen LogP contribution >= 0.6 is 0 Å². The molecule has 3 aliphatic rings. The molecular formula is C15H24. The van der Waals surface area contributed by atoms with Crippen molar-refractivity contribution in [1.82, 2.24) is 0 Å². The van der Waals surface area contributed by atoms with Gasteiger partial charge in [0.15, 0.2) is 0 Å². The lowest BCUT2D eigenvalue weighted by Gasteiger charge is -2.42. The van der Waals surface area contributed by atoms with Gasteiger partial charge >= 0.3 is 0 Å². The van der Waals surface area contributed by atoms with Gasteiger partial charge in [0.25, 0.3) is 0 Å². The molecule has 0 heterocycles. The molecule has 1 unspecified atom stereocenters. The Bertz CT molecular complexity index is 327. The van der Waals surface area contributed by atoms with E-state index in [-0.39, 0.29) is 0 Å². The first-order chi connectivity index (χ1) is 7.01. The Morgan fingerprint density at radius 1 is 1.20 bits per heavy atom. The highest BCUT2D eigenvalue weighted by Gasteiger charge is 2.65. The predicted octanol–water partition coefficient (Wildman–Crippen LogP) is 4.42. The van der Waals surface area contributed by atoms with Crippen LogP contribution < -0.4 is 0 Å². The minimum absolute atomic E-state index is 0.548. The van der Waals surface area contributed by atoms with Gasteiger partial charge in [-0.15, -0.1) is 0 Å². The van der Waals surface area contributed by atoms with Crippen LogP contribution in [0.5, 0.6) is 0 Å². The van der Waals surface area contributed by atoms with E-state index >= 15 is 0 Å². The summed E-state index contributed by atoms with van der Waals surface area (Å²) in [5, 5.41) is 0. The summed E-state index contributed by atoms with van der Waals surface area (Å²) in [5.74, 6) is 2.85. The topological polar surface area (TPSA) is 0 Å². The van der Waals surface area contributed by atoms with Crippen LogP contribution in [0.25, 0.3) is 0 Å². The van der Waals surface area contributed by atoms with Gasteiger partial charge in [-0.1, -0.05) is 32.4 Å². The normalized spacial score (nSPS) is 57.9. The van der Waals surface area contributed by atoms with Crippen LogP contribution in [-0.4, -0.2) is 0 Å². The number of hydrogen-bond acceptors (Lipinski definition) is 0. The SMILES string of the molecule is CC1=C[C@]2(C)CCC3[C@H](C)CC[C@]32[C@@H]1C. The van der Waals surface area contributed by atoms with E-state index in [1.54, 1.807) is 5.57 Å². The molecule has 3 aliphatic carbocycles. The van der Waals surface area contributed by atoms with E-state index in [1.807, 2.05) is 0 Å². The lowest BCUT2D eigenvalue weighted by atomic mass is 9.61. The van der Waals surface area contributed by atoms with Crippen molar-refractivity contribution in [3.05, 3.63) is 11.6 Å². The molecule has 0 heteroatoms. The summed E-state index contributed by atoms with van der Waals surface area (Å²) in [6.07, 6.45) is 8.54. The quantitative estimate of drug-likeness (QED) is 0.513. The largest absolute Gasteiger partial charge is 0.0788 e. The first kappa shape index (κ1) is 9.93. The molecule has 0 aromatic heterocycles. The number of allylic oxidation sites excluding steroid dienone is 2. The van der Waals surface area contributed by atoms with Crippen LogP contribution in [0.4, 0.5) is 0 Å². The van der Waals surface area contributed by atoms with Crippen molar-refractivity contribution in [3.8, 4) is 0 Å². The lowest BCUT2D eigenvalue weighted by Crippen LogP contribution is -2.37. The van der Waals surface area contributed by atoms with E-state index in [0.29, 0.717) is 10.8 Å². The van der Waals surface area contributed by atoms with Crippen LogP contribution in [0.1, 0.15) is 53.4 Å². The molecule has 5 atom stereocenters. The molecule has 0 N–H and O–H groups in total. The summed E-state index contributed by atoms with van der Waals surface area (Å²) >= 11 is 0. The monoisotopic (exact) mass is 204 g/mol. The summed E-state index contributed by atoms with van der Waals surface area (Å²) in [7, 11) is 0. The molecule has 15 heavy (non-hydrogen) atoms. The molecule has 0 bridgehead atoms. The van der Waals surface area contributed by atoms with Gasteiger partial charge in [-0.25, -0.2) is 0 Å². The summed E-state index contributed by atoms with van der Waals surface area (Å²) in [4.78, 5) is 0. The van der Waals surface area contributed by atoms with E-state index in [2.05, 4.69) is 33.8 Å². The molecule has 0 aromatic rings. The van der Waals surface area contributed by atoms with Gasteiger partial charge in [-0.05, 0) is 61.2 Å². The van der Waals surface area contributed by atoms with Gasteiger partial charge in [0.1, 0.15) is 0 Å². The predicted molar refractivity (Wildman–Crippen MR) is 64.6 cm³/mol. The summed E-state index contributed by atoms with van der Waals surface area (Å²) in [5.41, 5.74) is 2.89. The molecule has 2 fully saturated rings. The Morgan fingerprint density at radius 3 is 2.67 bits per heavy atom. The molecule has 0 aliphatic heterocycles.